The molecule has 0 aliphatic carbocycles. The van der Waals surface area contributed by atoms with Crippen LogP contribution in [0.4, 0.5) is 11.4 Å². The van der Waals surface area contributed by atoms with E-state index in [1.54, 1.807) is 0 Å². The van der Waals surface area contributed by atoms with Gasteiger partial charge in [-0.2, -0.15) is 0 Å². The van der Waals surface area contributed by atoms with Crippen molar-refractivity contribution in [2.45, 2.75) is 18.9 Å². The van der Waals surface area contributed by atoms with Crippen LogP contribution in [0.5, 0.6) is 0 Å². The maximum absolute atomic E-state index is 11.2. The van der Waals surface area contributed by atoms with Gasteiger partial charge in [-0.25, -0.2) is 4.79 Å². The van der Waals surface area contributed by atoms with E-state index in [2.05, 4.69) is 10.2 Å². The molecule has 1 aromatic carbocycles. The second kappa shape index (κ2) is 5.87. The zero-order valence-corrected chi connectivity index (χ0v) is 11.2. The third-order valence-electron chi connectivity index (χ3n) is 3.52. The SMILES string of the molecule is CN1CCC(Nc2ccc([N+](=O)[O-])cc2C(=O)O)CC1. The average Bonchev–Trinajstić information content (AvgIpc) is 2.41. The number of piperidine rings is 1. The number of carbonyl (C=O) groups is 1. The molecular formula is C13H17N3O4. The maximum atomic E-state index is 11.2. The molecule has 0 bridgehead atoms. The highest BCUT2D eigenvalue weighted by Gasteiger charge is 2.20. The summed E-state index contributed by atoms with van der Waals surface area (Å²) in [6, 6.07) is 4.09. The number of carboxylic acid groups (broad SMARTS) is 1. The molecule has 1 aromatic rings. The number of nitrogens with zero attached hydrogens (tertiary/aromatic N) is 2. The van der Waals surface area contributed by atoms with E-state index in [1.165, 1.54) is 12.1 Å². The van der Waals surface area contributed by atoms with Gasteiger partial charge in [0.05, 0.1) is 10.5 Å². The van der Waals surface area contributed by atoms with Gasteiger partial charge in [0.25, 0.3) is 5.69 Å². The highest BCUT2D eigenvalue weighted by molar-refractivity contribution is 5.95. The summed E-state index contributed by atoms with van der Waals surface area (Å²) in [7, 11) is 2.05. The molecule has 1 aliphatic heterocycles. The van der Waals surface area contributed by atoms with Crippen molar-refractivity contribution in [2.24, 2.45) is 0 Å². The first-order valence-electron chi connectivity index (χ1n) is 6.44. The molecule has 0 unspecified atom stereocenters. The molecule has 1 heterocycles. The van der Waals surface area contributed by atoms with E-state index in [-0.39, 0.29) is 17.3 Å². The lowest BCUT2D eigenvalue weighted by molar-refractivity contribution is -0.384. The number of benzene rings is 1. The lowest BCUT2D eigenvalue weighted by Gasteiger charge is -2.30. The normalized spacial score (nSPS) is 16.9. The molecule has 0 radical (unpaired) electrons. The van der Waals surface area contributed by atoms with E-state index in [0.29, 0.717) is 5.69 Å². The zero-order valence-electron chi connectivity index (χ0n) is 11.2. The number of hydrogen-bond donors (Lipinski definition) is 2. The van der Waals surface area contributed by atoms with Gasteiger partial charge in [0, 0.05) is 23.9 Å². The number of likely N-dealkylation sites (tertiary alicyclic amines) is 1. The first kappa shape index (κ1) is 14.3. The fourth-order valence-electron chi connectivity index (χ4n) is 2.32. The van der Waals surface area contributed by atoms with E-state index in [0.717, 1.165) is 32.0 Å². The number of rotatable bonds is 4. The van der Waals surface area contributed by atoms with Gasteiger partial charge in [0.2, 0.25) is 0 Å². The van der Waals surface area contributed by atoms with Crippen LogP contribution in [-0.2, 0) is 0 Å². The van der Waals surface area contributed by atoms with Crippen LogP contribution in [0.2, 0.25) is 0 Å². The molecular weight excluding hydrogens is 262 g/mol. The van der Waals surface area contributed by atoms with Gasteiger partial charge in [-0.05, 0) is 39.0 Å². The first-order valence-corrected chi connectivity index (χ1v) is 6.44. The monoisotopic (exact) mass is 279 g/mol. The van der Waals surface area contributed by atoms with Crippen LogP contribution in [0.25, 0.3) is 0 Å². The van der Waals surface area contributed by atoms with Crippen LogP contribution in [0.1, 0.15) is 23.2 Å². The van der Waals surface area contributed by atoms with Gasteiger partial charge in [-0.15, -0.1) is 0 Å². The Kier molecular flexibility index (Phi) is 4.19. The number of nitrogens with one attached hydrogen (secondary N) is 1. The number of aromatic carboxylic acids is 1. The molecule has 0 aromatic heterocycles. The largest absolute Gasteiger partial charge is 0.478 e. The Hall–Kier alpha value is -2.15. The smallest absolute Gasteiger partial charge is 0.338 e. The molecule has 1 aliphatic rings. The van der Waals surface area contributed by atoms with Crippen molar-refractivity contribution in [3.05, 3.63) is 33.9 Å². The molecule has 108 valence electrons. The van der Waals surface area contributed by atoms with Crippen molar-refractivity contribution in [1.82, 2.24) is 4.90 Å². The molecule has 7 heteroatoms. The van der Waals surface area contributed by atoms with E-state index < -0.39 is 10.9 Å². The number of nitro groups is 1. The Balaban J connectivity index is 2.18. The van der Waals surface area contributed by atoms with Crippen molar-refractivity contribution in [2.75, 3.05) is 25.5 Å². The molecule has 2 rings (SSSR count). The predicted molar refractivity (Wildman–Crippen MR) is 74.2 cm³/mol. The van der Waals surface area contributed by atoms with E-state index in [9.17, 15) is 20.0 Å². The summed E-state index contributed by atoms with van der Waals surface area (Å²) < 4.78 is 0. The minimum atomic E-state index is -1.16. The summed E-state index contributed by atoms with van der Waals surface area (Å²) in [5.41, 5.74) is 0.173. The van der Waals surface area contributed by atoms with Crippen molar-refractivity contribution in [1.29, 1.82) is 0 Å². The number of hydrogen-bond acceptors (Lipinski definition) is 5. The number of non-ortho nitro benzene ring substituents is 1. The molecule has 1 saturated heterocycles. The third kappa shape index (κ3) is 3.24. The summed E-state index contributed by atoms with van der Waals surface area (Å²) in [5, 5.41) is 23.1. The van der Waals surface area contributed by atoms with Crippen LogP contribution >= 0.6 is 0 Å². The van der Waals surface area contributed by atoms with E-state index in [4.69, 9.17) is 0 Å². The molecule has 0 saturated carbocycles. The predicted octanol–water partition coefficient (Wildman–Crippen LogP) is 1.80. The quantitative estimate of drug-likeness (QED) is 0.644. The maximum Gasteiger partial charge on any atom is 0.338 e. The average molecular weight is 279 g/mol. The van der Waals surface area contributed by atoms with Crippen molar-refractivity contribution in [3.63, 3.8) is 0 Å². The summed E-state index contributed by atoms with van der Waals surface area (Å²) in [6.07, 6.45) is 1.85. The molecule has 0 spiro atoms. The van der Waals surface area contributed by atoms with Crippen LogP contribution in [0.15, 0.2) is 18.2 Å². The molecule has 1 fully saturated rings. The van der Waals surface area contributed by atoms with Crippen LogP contribution < -0.4 is 5.32 Å². The highest BCUT2D eigenvalue weighted by Crippen LogP contribution is 2.24. The van der Waals surface area contributed by atoms with Crippen molar-refractivity contribution < 1.29 is 14.8 Å². The van der Waals surface area contributed by atoms with E-state index >= 15 is 0 Å². The molecule has 20 heavy (non-hydrogen) atoms. The van der Waals surface area contributed by atoms with E-state index in [1.807, 2.05) is 7.05 Å². The second-order valence-electron chi connectivity index (χ2n) is 5.01. The Morgan fingerprint density at radius 2 is 2.10 bits per heavy atom. The third-order valence-corrected chi connectivity index (χ3v) is 3.52. The Morgan fingerprint density at radius 3 is 2.65 bits per heavy atom. The number of anilines is 1. The zero-order chi connectivity index (χ0) is 14.7. The summed E-state index contributed by atoms with van der Waals surface area (Å²) >= 11 is 0. The van der Waals surface area contributed by atoms with Gasteiger partial charge in [0.15, 0.2) is 0 Å². The van der Waals surface area contributed by atoms with Crippen LogP contribution in [0, 0.1) is 10.1 Å². The molecule has 2 N–H and O–H groups in total. The van der Waals surface area contributed by atoms with Gasteiger partial charge in [0.1, 0.15) is 0 Å². The van der Waals surface area contributed by atoms with Crippen LogP contribution in [-0.4, -0.2) is 47.1 Å². The Morgan fingerprint density at radius 1 is 1.45 bits per heavy atom. The minimum Gasteiger partial charge on any atom is -0.478 e. The first-order chi connectivity index (χ1) is 9.47. The number of nitro benzene ring substituents is 1. The van der Waals surface area contributed by atoms with Crippen molar-refractivity contribution >= 4 is 17.3 Å². The molecule has 0 atom stereocenters. The fraction of sp³-hybridized carbons (Fsp3) is 0.462. The topological polar surface area (TPSA) is 95.7 Å². The van der Waals surface area contributed by atoms with Crippen molar-refractivity contribution in [3.8, 4) is 0 Å². The van der Waals surface area contributed by atoms with Crippen LogP contribution in [0.3, 0.4) is 0 Å². The lowest BCUT2D eigenvalue weighted by Crippen LogP contribution is -2.37. The summed E-state index contributed by atoms with van der Waals surface area (Å²) in [5.74, 6) is -1.16. The lowest BCUT2D eigenvalue weighted by atomic mass is 10.0. The Labute approximate surface area is 116 Å². The van der Waals surface area contributed by atoms with Gasteiger partial charge in [-0.1, -0.05) is 0 Å². The van der Waals surface area contributed by atoms with Gasteiger partial charge < -0.3 is 15.3 Å². The Bertz CT molecular complexity index is 524. The number of carboxylic acids is 1. The molecule has 7 nitrogen and oxygen atoms in total. The highest BCUT2D eigenvalue weighted by atomic mass is 16.6. The van der Waals surface area contributed by atoms with Gasteiger partial charge in [-0.3, -0.25) is 10.1 Å². The van der Waals surface area contributed by atoms with Gasteiger partial charge >= 0.3 is 5.97 Å². The standard InChI is InChI=1S/C13H17N3O4/c1-15-6-4-9(5-7-15)14-12-3-2-10(16(19)20)8-11(12)13(17)18/h2-3,8-9,14H,4-7H2,1H3,(H,17,18). The molecule has 0 amide bonds. The fourth-order valence-corrected chi connectivity index (χ4v) is 2.32. The summed E-state index contributed by atoms with van der Waals surface area (Å²) in [6.45, 7) is 1.90. The second-order valence-corrected chi connectivity index (χ2v) is 5.01. The minimum absolute atomic E-state index is 0.0573. The summed E-state index contributed by atoms with van der Waals surface area (Å²) in [4.78, 5) is 23.5.